The molecule has 2 aromatic carbocycles. The van der Waals surface area contributed by atoms with Crippen molar-refractivity contribution in [3.05, 3.63) is 84.4 Å². The molecule has 0 amide bonds. The third-order valence-electron chi connectivity index (χ3n) is 4.14. The van der Waals surface area contributed by atoms with Gasteiger partial charge in [-0.2, -0.15) is 5.06 Å². The Morgan fingerprint density at radius 2 is 1.57 bits per heavy atom. The summed E-state index contributed by atoms with van der Waals surface area (Å²) in [5.74, 6) is -0.323. The standard InChI is InChI=1S/C23H31NO3Si/c1-6-23(26-19(2)25)22(17-20-13-9-7-10-14-20)24(27-28(3,4)5)18-21-15-11-8-12-16-21/h6-16,22-23H,1,17-18H2,2-5H3/t22-,23+/m1/s1. The lowest BCUT2D eigenvalue weighted by atomic mass is 10.00. The number of ether oxygens (including phenoxy) is 1. The molecular weight excluding hydrogens is 366 g/mol. The van der Waals surface area contributed by atoms with Crippen molar-refractivity contribution in [3.63, 3.8) is 0 Å². The van der Waals surface area contributed by atoms with Gasteiger partial charge in [-0.1, -0.05) is 67.2 Å². The van der Waals surface area contributed by atoms with Gasteiger partial charge in [-0.3, -0.25) is 4.79 Å². The van der Waals surface area contributed by atoms with Gasteiger partial charge in [0.05, 0.1) is 6.04 Å². The zero-order valence-electron chi connectivity index (χ0n) is 17.3. The van der Waals surface area contributed by atoms with Crippen molar-refractivity contribution in [1.82, 2.24) is 5.06 Å². The van der Waals surface area contributed by atoms with Gasteiger partial charge in [0.2, 0.25) is 8.32 Å². The van der Waals surface area contributed by atoms with Crippen molar-refractivity contribution in [2.45, 2.75) is 51.7 Å². The zero-order valence-corrected chi connectivity index (χ0v) is 18.3. The molecule has 0 bridgehead atoms. The monoisotopic (exact) mass is 397 g/mol. The molecule has 0 aromatic heterocycles. The first-order chi connectivity index (χ1) is 13.3. The molecule has 0 heterocycles. The van der Waals surface area contributed by atoms with E-state index in [9.17, 15) is 4.79 Å². The minimum Gasteiger partial charge on any atom is -0.457 e. The second-order valence-corrected chi connectivity index (χ2v) is 12.2. The van der Waals surface area contributed by atoms with E-state index in [-0.39, 0.29) is 12.0 Å². The van der Waals surface area contributed by atoms with Crippen LogP contribution in [0.2, 0.25) is 19.6 Å². The Morgan fingerprint density at radius 1 is 1.04 bits per heavy atom. The van der Waals surface area contributed by atoms with E-state index in [0.717, 1.165) is 11.1 Å². The Labute approximate surface area is 169 Å². The van der Waals surface area contributed by atoms with E-state index < -0.39 is 14.4 Å². The zero-order chi connectivity index (χ0) is 20.6. The van der Waals surface area contributed by atoms with Crippen molar-refractivity contribution < 1.29 is 14.1 Å². The third kappa shape index (κ3) is 7.42. The van der Waals surface area contributed by atoms with E-state index in [0.29, 0.717) is 13.0 Å². The smallest absolute Gasteiger partial charge is 0.303 e. The molecule has 4 nitrogen and oxygen atoms in total. The molecule has 2 atom stereocenters. The van der Waals surface area contributed by atoms with E-state index in [4.69, 9.17) is 9.26 Å². The fourth-order valence-electron chi connectivity index (χ4n) is 3.05. The summed E-state index contributed by atoms with van der Waals surface area (Å²) >= 11 is 0. The predicted octanol–water partition coefficient (Wildman–Crippen LogP) is 4.98. The number of nitrogens with zero attached hydrogens (tertiary/aromatic N) is 1. The molecule has 0 saturated heterocycles. The largest absolute Gasteiger partial charge is 0.457 e. The van der Waals surface area contributed by atoms with Crippen LogP contribution in [0.1, 0.15) is 18.1 Å². The quantitative estimate of drug-likeness (QED) is 0.245. The van der Waals surface area contributed by atoms with Crippen LogP contribution in [-0.2, 0) is 27.0 Å². The lowest BCUT2D eigenvalue weighted by molar-refractivity contribution is -0.164. The number of hydrogen-bond acceptors (Lipinski definition) is 4. The minimum atomic E-state index is -1.90. The first-order valence-corrected chi connectivity index (χ1v) is 13.0. The van der Waals surface area contributed by atoms with E-state index in [2.05, 4.69) is 50.5 Å². The Kier molecular flexibility index (Phi) is 8.17. The van der Waals surface area contributed by atoms with Crippen LogP contribution in [0.5, 0.6) is 0 Å². The average Bonchev–Trinajstić information content (AvgIpc) is 2.64. The molecule has 2 aromatic rings. The van der Waals surface area contributed by atoms with E-state index in [1.54, 1.807) is 6.08 Å². The van der Waals surface area contributed by atoms with Gasteiger partial charge in [0, 0.05) is 13.5 Å². The number of hydroxylamine groups is 2. The number of carbonyl (C=O) groups is 1. The van der Waals surface area contributed by atoms with E-state index >= 15 is 0 Å². The van der Waals surface area contributed by atoms with Crippen LogP contribution in [0, 0.1) is 0 Å². The Morgan fingerprint density at radius 3 is 2.04 bits per heavy atom. The normalized spacial score (nSPS) is 13.8. The van der Waals surface area contributed by atoms with Crippen molar-refractivity contribution in [1.29, 1.82) is 0 Å². The fourth-order valence-corrected chi connectivity index (χ4v) is 3.95. The number of carbonyl (C=O) groups excluding carboxylic acids is 1. The van der Waals surface area contributed by atoms with Crippen molar-refractivity contribution in [2.24, 2.45) is 0 Å². The summed E-state index contributed by atoms with van der Waals surface area (Å²) in [7, 11) is -1.90. The molecule has 5 heteroatoms. The number of esters is 1. The molecule has 150 valence electrons. The summed E-state index contributed by atoms with van der Waals surface area (Å²) < 4.78 is 12.1. The third-order valence-corrected chi connectivity index (χ3v) is 4.93. The fraction of sp³-hybridized carbons (Fsp3) is 0.348. The highest BCUT2D eigenvalue weighted by atomic mass is 28.4. The highest BCUT2D eigenvalue weighted by molar-refractivity contribution is 6.69. The first kappa shape index (κ1) is 22.1. The number of benzene rings is 2. The molecule has 0 spiro atoms. The van der Waals surface area contributed by atoms with Crippen LogP contribution >= 0.6 is 0 Å². The Balaban J connectivity index is 2.39. The maximum absolute atomic E-state index is 11.7. The van der Waals surface area contributed by atoms with Gasteiger partial charge >= 0.3 is 5.97 Å². The number of hydrogen-bond donors (Lipinski definition) is 0. The molecule has 28 heavy (non-hydrogen) atoms. The maximum Gasteiger partial charge on any atom is 0.303 e. The van der Waals surface area contributed by atoms with Gasteiger partial charge in [0.15, 0.2) is 0 Å². The highest BCUT2D eigenvalue weighted by Crippen LogP contribution is 2.22. The molecule has 0 aliphatic carbocycles. The second kappa shape index (κ2) is 10.4. The van der Waals surface area contributed by atoms with Crippen molar-refractivity contribution in [3.8, 4) is 0 Å². The van der Waals surface area contributed by atoms with Crippen LogP contribution in [0.15, 0.2) is 73.3 Å². The van der Waals surface area contributed by atoms with Gasteiger partial charge in [0.25, 0.3) is 0 Å². The molecule has 0 N–H and O–H groups in total. The van der Waals surface area contributed by atoms with Gasteiger partial charge < -0.3 is 9.26 Å². The van der Waals surface area contributed by atoms with Crippen LogP contribution in [-0.4, -0.2) is 31.5 Å². The van der Waals surface area contributed by atoms with Gasteiger partial charge in [-0.05, 0) is 43.3 Å². The van der Waals surface area contributed by atoms with Crippen LogP contribution < -0.4 is 0 Å². The maximum atomic E-state index is 11.7. The molecule has 0 saturated carbocycles. The SMILES string of the molecule is C=C[C@H](OC(C)=O)[C@@H](Cc1ccccc1)N(Cc1ccccc1)O[Si](C)(C)C. The molecule has 0 unspecified atom stereocenters. The van der Waals surface area contributed by atoms with Crippen LogP contribution in [0.4, 0.5) is 0 Å². The minimum absolute atomic E-state index is 0.185. The predicted molar refractivity (Wildman–Crippen MR) is 116 cm³/mol. The average molecular weight is 398 g/mol. The lowest BCUT2D eigenvalue weighted by Gasteiger charge is -2.38. The molecule has 0 fully saturated rings. The lowest BCUT2D eigenvalue weighted by Crippen LogP contribution is -2.49. The Hall–Kier alpha value is -2.21. The molecule has 0 radical (unpaired) electrons. The summed E-state index contributed by atoms with van der Waals surface area (Å²) in [6.07, 6.45) is 1.90. The molecule has 2 rings (SSSR count). The summed E-state index contributed by atoms with van der Waals surface area (Å²) in [6, 6.07) is 20.2. The number of rotatable bonds is 10. The summed E-state index contributed by atoms with van der Waals surface area (Å²) in [5, 5.41) is 1.99. The summed E-state index contributed by atoms with van der Waals surface area (Å²) in [5.41, 5.74) is 2.30. The van der Waals surface area contributed by atoms with Gasteiger partial charge in [-0.25, -0.2) is 0 Å². The summed E-state index contributed by atoms with van der Waals surface area (Å²) in [6.45, 7) is 12.4. The van der Waals surface area contributed by atoms with E-state index in [1.807, 2.05) is 41.5 Å². The van der Waals surface area contributed by atoms with E-state index in [1.165, 1.54) is 6.92 Å². The molecule has 0 aliphatic heterocycles. The Bertz CT molecular complexity index is 743. The van der Waals surface area contributed by atoms with Crippen molar-refractivity contribution in [2.75, 3.05) is 0 Å². The van der Waals surface area contributed by atoms with Crippen LogP contribution in [0.25, 0.3) is 0 Å². The van der Waals surface area contributed by atoms with Crippen LogP contribution in [0.3, 0.4) is 0 Å². The molecular formula is C23H31NO3Si. The topological polar surface area (TPSA) is 38.8 Å². The van der Waals surface area contributed by atoms with Crippen molar-refractivity contribution >= 4 is 14.3 Å². The van der Waals surface area contributed by atoms with Gasteiger partial charge in [0.1, 0.15) is 6.10 Å². The highest BCUT2D eigenvalue weighted by Gasteiger charge is 2.32. The first-order valence-electron chi connectivity index (χ1n) is 9.62. The van der Waals surface area contributed by atoms with Gasteiger partial charge in [-0.15, -0.1) is 0 Å². The molecule has 0 aliphatic rings. The summed E-state index contributed by atoms with van der Waals surface area (Å²) in [4.78, 5) is 11.7. The second-order valence-electron chi connectivity index (χ2n) is 7.83.